The summed E-state index contributed by atoms with van der Waals surface area (Å²) in [5.41, 5.74) is 0.401. The summed E-state index contributed by atoms with van der Waals surface area (Å²) in [5.74, 6) is 0.788. The van der Waals surface area contributed by atoms with Gasteiger partial charge in [0.1, 0.15) is 10.1 Å². The van der Waals surface area contributed by atoms with Crippen molar-refractivity contribution in [1.82, 2.24) is 9.97 Å². The molecule has 3 rings (SSSR count). The molecular weight excluding hydrogens is 386 g/mol. The number of nitrogens with one attached hydrogen (secondary N) is 1. The predicted octanol–water partition coefficient (Wildman–Crippen LogP) is 3.45. The zero-order valence-corrected chi connectivity index (χ0v) is 16.3. The normalized spacial score (nSPS) is 11.0. The van der Waals surface area contributed by atoms with Crippen molar-refractivity contribution in [3.63, 3.8) is 0 Å². The maximum absolute atomic E-state index is 12.7. The number of rotatable bonds is 7. The molecule has 2 heterocycles. The van der Waals surface area contributed by atoms with E-state index >= 15 is 0 Å². The molecule has 0 bridgehead atoms. The second kappa shape index (κ2) is 8.28. The van der Waals surface area contributed by atoms with Crippen LogP contribution in [0.4, 0.5) is 5.69 Å². The number of nitrogens with zero attached hydrogens (tertiary/aromatic N) is 2. The van der Waals surface area contributed by atoms with Gasteiger partial charge in [-0.05, 0) is 36.4 Å². The standard InChI is InChI=1S/C18H17N3O4S2/c1-24-15-7-6-14(12-16(15)25-2)27(22,23)21-13-8-10-20-18(11-13)26-17-5-3-4-9-19-17/h3-12H,1-2H3,(H,20,21). The van der Waals surface area contributed by atoms with Crippen molar-refractivity contribution in [2.45, 2.75) is 14.9 Å². The second-order valence-corrected chi connectivity index (χ2v) is 8.00. The number of methoxy groups -OCH3 is 2. The number of hydrogen-bond donors (Lipinski definition) is 1. The summed E-state index contributed by atoms with van der Waals surface area (Å²) in [4.78, 5) is 8.52. The molecule has 0 unspecified atom stereocenters. The van der Waals surface area contributed by atoms with E-state index in [0.717, 1.165) is 5.03 Å². The molecular formula is C18H17N3O4S2. The average Bonchev–Trinajstić information content (AvgIpc) is 2.68. The van der Waals surface area contributed by atoms with Gasteiger partial charge in [0.05, 0.1) is 24.8 Å². The highest BCUT2D eigenvalue weighted by molar-refractivity contribution is 7.99. The van der Waals surface area contributed by atoms with E-state index < -0.39 is 10.0 Å². The van der Waals surface area contributed by atoms with Crippen LogP contribution in [-0.4, -0.2) is 32.6 Å². The topological polar surface area (TPSA) is 90.4 Å². The summed E-state index contributed by atoms with van der Waals surface area (Å²) >= 11 is 1.34. The van der Waals surface area contributed by atoms with Crippen LogP contribution in [0.5, 0.6) is 11.5 Å². The van der Waals surface area contributed by atoms with Crippen molar-refractivity contribution in [2.24, 2.45) is 0 Å². The molecule has 140 valence electrons. The second-order valence-electron chi connectivity index (χ2n) is 5.28. The van der Waals surface area contributed by atoms with Crippen molar-refractivity contribution >= 4 is 27.5 Å². The minimum atomic E-state index is -3.80. The molecule has 0 fully saturated rings. The molecule has 1 N–H and O–H groups in total. The first kappa shape index (κ1) is 19.0. The zero-order valence-electron chi connectivity index (χ0n) is 14.6. The SMILES string of the molecule is COc1ccc(S(=O)(=O)Nc2ccnc(Sc3ccccn3)c2)cc1OC. The average molecular weight is 403 g/mol. The lowest BCUT2D eigenvalue weighted by Gasteiger charge is -2.12. The fourth-order valence-corrected chi connectivity index (χ4v) is 4.08. The Hall–Kier alpha value is -2.78. The summed E-state index contributed by atoms with van der Waals surface area (Å²) in [7, 11) is -0.861. The molecule has 0 amide bonds. The molecule has 0 saturated carbocycles. The molecule has 0 aliphatic carbocycles. The van der Waals surface area contributed by atoms with E-state index in [-0.39, 0.29) is 4.90 Å². The van der Waals surface area contributed by atoms with Crippen LogP contribution in [0.1, 0.15) is 0 Å². The first-order valence-corrected chi connectivity index (χ1v) is 10.1. The number of anilines is 1. The van der Waals surface area contributed by atoms with Gasteiger partial charge >= 0.3 is 0 Å². The largest absolute Gasteiger partial charge is 0.493 e. The van der Waals surface area contributed by atoms with Gasteiger partial charge in [-0.25, -0.2) is 18.4 Å². The Morgan fingerprint density at radius 2 is 1.67 bits per heavy atom. The third-order valence-corrected chi connectivity index (χ3v) is 5.76. The minimum absolute atomic E-state index is 0.0656. The third kappa shape index (κ3) is 4.69. The van der Waals surface area contributed by atoms with E-state index in [1.807, 2.05) is 18.2 Å². The van der Waals surface area contributed by atoms with E-state index in [1.54, 1.807) is 24.4 Å². The van der Waals surface area contributed by atoms with Gasteiger partial charge in [-0.1, -0.05) is 17.8 Å². The van der Waals surface area contributed by atoms with Crippen LogP contribution in [0.2, 0.25) is 0 Å². The van der Waals surface area contributed by atoms with E-state index in [0.29, 0.717) is 22.2 Å². The monoisotopic (exact) mass is 403 g/mol. The van der Waals surface area contributed by atoms with E-state index in [2.05, 4.69) is 14.7 Å². The lowest BCUT2D eigenvalue weighted by atomic mass is 10.3. The Balaban J connectivity index is 1.83. The van der Waals surface area contributed by atoms with Crippen LogP contribution in [0.15, 0.2) is 75.9 Å². The first-order valence-electron chi connectivity index (χ1n) is 7.81. The van der Waals surface area contributed by atoms with Crippen molar-refractivity contribution < 1.29 is 17.9 Å². The molecule has 2 aromatic heterocycles. The predicted molar refractivity (Wildman–Crippen MR) is 103 cm³/mol. The van der Waals surface area contributed by atoms with Crippen molar-refractivity contribution in [2.75, 3.05) is 18.9 Å². The van der Waals surface area contributed by atoms with Gasteiger partial charge in [-0.2, -0.15) is 0 Å². The molecule has 0 saturated heterocycles. The molecule has 3 aromatic rings. The van der Waals surface area contributed by atoms with Gasteiger partial charge in [0.2, 0.25) is 0 Å². The van der Waals surface area contributed by atoms with Gasteiger partial charge in [0.25, 0.3) is 10.0 Å². The van der Waals surface area contributed by atoms with Gasteiger partial charge in [-0.15, -0.1) is 0 Å². The Bertz CT molecular complexity index is 1030. The number of ether oxygens (including phenoxy) is 2. The van der Waals surface area contributed by atoms with Crippen molar-refractivity contribution in [3.05, 3.63) is 60.9 Å². The summed E-state index contributed by atoms with van der Waals surface area (Å²) in [6, 6.07) is 13.2. The molecule has 7 nitrogen and oxygen atoms in total. The Labute approximate surface area is 161 Å². The number of hydrogen-bond acceptors (Lipinski definition) is 7. The van der Waals surface area contributed by atoms with Crippen molar-refractivity contribution in [3.8, 4) is 11.5 Å². The van der Waals surface area contributed by atoms with Gasteiger partial charge in [-0.3, -0.25) is 4.72 Å². The number of pyridine rings is 2. The maximum atomic E-state index is 12.7. The van der Waals surface area contributed by atoms with Gasteiger partial charge in [0.15, 0.2) is 11.5 Å². The van der Waals surface area contributed by atoms with Crippen LogP contribution < -0.4 is 14.2 Å². The molecule has 0 aliphatic rings. The highest BCUT2D eigenvalue weighted by atomic mass is 32.2. The minimum Gasteiger partial charge on any atom is -0.493 e. The number of benzene rings is 1. The Morgan fingerprint density at radius 1 is 0.889 bits per heavy atom. The fraction of sp³-hybridized carbons (Fsp3) is 0.111. The molecule has 0 radical (unpaired) electrons. The summed E-state index contributed by atoms with van der Waals surface area (Å²) in [5, 5.41) is 1.39. The third-order valence-electron chi connectivity index (χ3n) is 3.50. The quantitative estimate of drug-likeness (QED) is 0.646. The van der Waals surface area contributed by atoms with Crippen LogP contribution in [-0.2, 0) is 10.0 Å². The first-order chi connectivity index (χ1) is 13.0. The molecule has 1 aromatic carbocycles. The molecule has 27 heavy (non-hydrogen) atoms. The van der Waals surface area contributed by atoms with Crippen LogP contribution in [0.3, 0.4) is 0 Å². The van der Waals surface area contributed by atoms with Gasteiger partial charge < -0.3 is 9.47 Å². The summed E-state index contributed by atoms with van der Waals surface area (Å²) < 4.78 is 38.2. The maximum Gasteiger partial charge on any atom is 0.262 e. The lowest BCUT2D eigenvalue weighted by molar-refractivity contribution is 0.354. The smallest absolute Gasteiger partial charge is 0.262 e. The van der Waals surface area contributed by atoms with Gasteiger partial charge in [0, 0.05) is 18.5 Å². The van der Waals surface area contributed by atoms with E-state index in [1.165, 1.54) is 44.3 Å². The Kier molecular flexibility index (Phi) is 5.82. The van der Waals surface area contributed by atoms with Crippen LogP contribution >= 0.6 is 11.8 Å². The number of aromatic nitrogens is 2. The van der Waals surface area contributed by atoms with Crippen LogP contribution in [0, 0.1) is 0 Å². The highest BCUT2D eigenvalue weighted by Crippen LogP contribution is 2.31. The van der Waals surface area contributed by atoms with Crippen LogP contribution in [0.25, 0.3) is 0 Å². The Morgan fingerprint density at radius 3 is 2.37 bits per heavy atom. The van der Waals surface area contributed by atoms with Crippen molar-refractivity contribution in [1.29, 1.82) is 0 Å². The lowest BCUT2D eigenvalue weighted by Crippen LogP contribution is -2.13. The zero-order chi connectivity index (χ0) is 19.3. The number of sulfonamides is 1. The molecule has 0 atom stereocenters. The van der Waals surface area contributed by atoms with E-state index in [4.69, 9.17) is 9.47 Å². The summed E-state index contributed by atoms with van der Waals surface area (Å²) in [6.45, 7) is 0. The highest BCUT2D eigenvalue weighted by Gasteiger charge is 2.17. The summed E-state index contributed by atoms with van der Waals surface area (Å²) in [6.07, 6.45) is 3.23. The molecule has 0 spiro atoms. The molecule has 0 aliphatic heterocycles. The molecule has 9 heteroatoms. The fourth-order valence-electron chi connectivity index (χ4n) is 2.24. The van der Waals surface area contributed by atoms with E-state index in [9.17, 15) is 8.42 Å².